The normalized spacial score (nSPS) is 23.0. The van der Waals surface area contributed by atoms with Crippen molar-refractivity contribution in [2.24, 2.45) is 11.1 Å². The predicted octanol–water partition coefficient (Wildman–Crippen LogP) is 3.05. The van der Waals surface area contributed by atoms with E-state index in [2.05, 4.69) is 4.98 Å². The van der Waals surface area contributed by atoms with Gasteiger partial charge in [-0.25, -0.2) is 4.98 Å². The van der Waals surface area contributed by atoms with Crippen LogP contribution in [0.3, 0.4) is 0 Å². The van der Waals surface area contributed by atoms with Crippen LogP contribution in [0.15, 0.2) is 23.0 Å². The molecular weight excluding hydrogens is 425 g/mol. The molecule has 2 aliphatic heterocycles. The monoisotopic (exact) mass is 447 g/mol. The average molecular weight is 448 g/mol. The molecule has 7 nitrogen and oxygen atoms in total. The molecule has 2 saturated heterocycles. The number of anilines is 1. The molecule has 1 spiro atoms. The highest BCUT2D eigenvalue weighted by Gasteiger charge is 2.47. The first-order valence-corrected chi connectivity index (χ1v) is 10.6. The van der Waals surface area contributed by atoms with Gasteiger partial charge in [0.15, 0.2) is 11.4 Å². The Morgan fingerprint density at radius 2 is 2.03 bits per heavy atom. The summed E-state index contributed by atoms with van der Waals surface area (Å²) in [5, 5.41) is 10.3. The summed E-state index contributed by atoms with van der Waals surface area (Å²) >= 11 is 12.4. The number of nitrogens with two attached hydrogens (primary N) is 1. The zero-order valence-corrected chi connectivity index (χ0v) is 18.4. The summed E-state index contributed by atoms with van der Waals surface area (Å²) in [5.74, 6) is 0.845. The van der Waals surface area contributed by atoms with Crippen molar-refractivity contribution in [1.82, 2.24) is 9.55 Å². The Kier molecular flexibility index (Phi) is 5.54. The number of nitrogens with zero attached hydrogens (tertiary/aromatic N) is 4. The van der Waals surface area contributed by atoms with E-state index in [1.54, 1.807) is 25.1 Å². The van der Waals surface area contributed by atoms with E-state index in [9.17, 15) is 10.1 Å². The Hall–Kier alpha value is -2.11. The molecular formula is C21H23Cl2N5O2. The zero-order valence-electron chi connectivity index (χ0n) is 16.9. The Balaban J connectivity index is 1.71. The van der Waals surface area contributed by atoms with Crippen LogP contribution in [0.1, 0.15) is 31.2 Å². The molecule has 1 aromatic heterocycles. The van der Waals surface area contributed by atoms with Gasteiger partial charge in [-0.15, -0.1) is 0 Å². The lowest BCUT2D eigenvalue weighted by atomic mass is 9.73. The summed E-state index contributed by atoms with van der Waals surface area (Å²) in [6, 6.07) is 7.06. The summed E-state index contributed by atoms with van der Waals surface area (Å²) < 4.78 is 7.12. The van der Waals surface area contributed by atoms with Crippen LogP contribution in [-0.4, -0.2) is 41.4 Å². The Morgan fingerprint density at radius 3 is 2.63 bits per heavy atom. The second-order valence-corrected chi connectivity index (χ2v) is 8.86. The number of hydrogen-bond acceptors (Lipinski definition) is 6. The number of piperidine rings is 1. The van der Waals surface area contributed by atoms with Gasteiger partial charge in [0.05, 0.1) is 28.4 Å². The zero-order chi connectivity index (χ0) is 21.6. The van der Waals surface area contributed by atoms with E-state index in [1.807, 2.05) is 17.9 Å². The lowest BCUT2D eigenvalue weighted by molar-refractivity contribution is 0.0974. The molecule has 4 rings (SSSR count). The number of benzene rings is 1. The smallest absolute Gasteiger partial charge is 0.278 e. The molecule has 2 atom stereocenters. The van der Waals surface area contributed by atoms with Gasteiger partial charge in [0.2, 0.25) is 0 Å². The third-order valence-electron chi connectivity index (χ3n) is 6.42. The number of halogens is 2. The van der Waals surface area contributed by atoms with E-state index in [-0.39, 0.29) is 28.1 Å². The molecule has 0 radical (unpaired) electrons. The molecule has 1 aromatic carbocycles. The van der Waals surface area contributed by atoms with Crippen molar-refractivity contribution < 1.29 is 4.74 Å². The van der Waals surface area contributed by atoms with Crippen LogP contribution in [0.2, 0.25) is 10.0 Å². The molecule has 158 valence electrons. The SMILES string of the molecule is Cc1nc(N2CCC3(CC2)CO[C@@H](C)[C@H]3N)c(C#N)c(=O)n1-c1cccc(Cl)c1Cl. The van der Waals surface area contributed by atoms with E-state index in [0.29, 0.717) is 42.0 Å². The van der Waals surface area contributed by atoms with E-state index in [0.717, 1.165) is 12.8 Å². The molecule has 0 aliphatic carbocycles. The van der Waals surface area contributed by atoms with Crippen molar-refractivity contribution in [2.45, 2.75) is 38.8 Å². The minimum Gasteiger partial charge on any atom is -0.376 e. The predicted molar refractivity (Wildman–Crippen MR) is 117 cm³/mol. The third kappa shape index (κ3) is 3.28. The van der Waals surface area contributed by atoms with Gasteiger partial charge in [-0.2, -0.15) is 5.26 Å². The highest BCUT2D eigenvalue weighted by molar-refractivity contribution is 6.43. The fourth-order valence-electron chi connectivity index (χ4n) is 4.53. The first-order valence-electron chi connectivity index (χ1n) is 9.89. The first-order chi connectivity index (χ1) is 14.3. The van der Waals surface area contributed by atoms with Crippen LogP contribution in [0.5, 0.6) is 0 Å². The lowest BCUT2D eigenvalue weighted by Gasteiger charge is -2.41. The topological polar surface area (TPSA) is 97.2 Å². The van der Waals surface area contributed by atoms with Crippen LogP contribution in [0.4, 0.5) is 5.82 Å². The Bertz CT molecular complexity index is 1090. The molecule has 2 aliphatic rings. The van der Waals surface area contributed by atoms with E-state index < -0.39 is 5.56 Å². The fourth-order valence-corrected chi connectivity index (χ4v) is 4.91. The first kappa shape index (κ1) is 21.1. The standard InChI is InChI=1S/C21H23Cl2N5O2/c1-12-18(25)21(11-30-12)6-8-27(9-7-21)19-14(10-24)20(29)28(13(2)26-19)16-5-3-4-15(22)17(16)23/h3-5,12,18H,6-9,11,25H2,1-2H3/t12-,18+/m0/s1. The lowest BCUT2D eigenvalue weighted by Crippen LogP contribution is -2.51. The number of hydrogen-bond donors (Lipinski definition) is 1. The van der Waals surface area contributed by atoms with Crippen molar-refractivity contribution >= 4 is 29.0 Å². The molecule has 2 aromatic rings. The van der Waals surface area contributed by atoms with Gasteiger partial charge in [0.25, 0.3) is 5.56 Å². The van der Waals surface area contributed by atoms with Gasteiger partial charge in [0, 0.05) is 24.5 Å². The maximum Gasteiger partial charge on any atom is 0.278 e. The molecule has 3 heterocycles. The second kappa shape index (κ2) is 7.86. The quantitative estimate of drug-likeness (QED) is 0.759. The minimum absolute atomic E-state index is 0.00655. The number of rotatable bonds is 2. The molecule has 0 bridgehead atoms. The molecule has 0 saturated carbocycles. The van der Waals surface area contributed by atoms with Gasteiger partial charge in [-0.3, -0.25) is 9.36 Å². The van der Waals surface area contributed by atoms with Gasteiger partial charge in [-0.1, -0.05) is 29.3 Å². The maximum absolute atomic E-state index is 13.2. The van der Waals surface area contributed by atoms with Gasteiger partial charge >= 0.3 is 0 Å². The van der Waals surface area contributed by atoms with E-state index in [1.165, 1.54) is 4.57 Å². The second-order valence-electron chi connectivity index (χ2n) is 8.07. The molecule has 2 N–H and O–H groups in total. The average Bonchev–Trinajstić information content (AvgIpc) is 3.00. The van der Waals surface area contributed by atoms with Crippen LogP contribution >= 0.6 is 23.2 Å². The van der Waals surface area contributed by atoms with Gasteiger partial charge in [0.1, 0.15) is 11.9 Å². The Labute approximate surface area is 185 Å². The molecule has 2 fully saturated rings. The van der Waals surface area contributed by atoms with Crippen molar-refractivity contribution in [1.29, 1.82) is 5.26 Å². The van der Waals surface area contributed by atoms with Crippen LogP contribution in [-0.2, 0) is 4.74 Å². The van der Waals surface area contributed by atoms with Crippen molar-refractivity contribution in [3.05, 3.63) is 50.0 Å². The van der Waals surface area contributed by atoms with Gasteiger partial charge in [-0.05, 0) is 38.8 Å². The molecule has 30 heavy (non-hydrogen) atoms. The third-order valence-corrected chi connectivity index (χ3v) is 7.23. The highest BCUT2D eigenvalue weighted by Crippen LogP contribution is 2.42. The van der Waals surface area contributed by atoms with E-state index in [4.69, 9.17) is 33.7 Å². The highest BCUT2D eigenvalue weighted by atomic mass is 35.5. The summed E-state index contributed by atoms with van der Waals surface area (Å²) in [5.41, 5.74) is 6.28. The van der Waals surface area contributed by atoms with E-state index >= 15 is 0 Å². The van der Waals surface area contributed by atoms with Gasteiger partial charge < -0.3 is 15.4 Å². The van der Waals surface area contributed by atoms with Crippen molar-refractivity contribution in [3.8, 4) is 11.8 Å². The van der Waals surface area contributed by atoms with Crippen LogP contribution in [0.25, 0.3) is 5.69 Å². The Morgan fingerprint density at radius 1 is 1.33 bits per heavy atom. The number of ether oxygens (including phenoxy) is 1. The molecule has 0 amide bonds. The summed E-state index contributed by atoms with van der Waals surface area (Å²) in [7, 11) is 0. The minimum atomic E-state index is -0.459. The molecule has 9 heteroatoms. The number of nitriles is 1. The maximum atomic E-state index is 13.2. The number of aromatic nitrogens is 2. The van der Waals surface area contributed by atoms with Crippen LogP contribution in [0, 0.1) is 23.7 Å². The fraction of sp³-hybridized carbons (Fsp3) is 0.476. The largest absolute Gasteiger partial charge is 0.376 e. The summed E-state index contributed by atoms with van der Waals surface area (Å²) in [6.45, 7) is 5.69. The molecule has 0 unspecified atom stereocenters. The number of aryl methyl sites for hydroxylation is 1. The van der Waals surface area contributed by atoms with Crippen molar-refractivity contribution in [2.75, 3.05) is 24.6 Å². The van der Waals surface area contributed by atoms with Crippen molar-refractivity contribution in [3.63, 3.8) is 0 Å². The van der Waals surface area contributed by atoms with Crippen LogP contribution < -0.4 is 16.2 Å². The summed E-state index contributed by atoms with van der Waals surface area (Å²) in [6.07, 6.45) is 1.69. The summed E-state index contributed by atoms with van der Waals surface area (Å²) in [4.78, 5) is 19.8.